The number of nitrogens with one attached hydrogen (secondary N) is 1. The van der Waals surface area contributed by atoms with Crippen LogP contribution in [0.25, 0.3) is 0 Å². The van der Waals surface area contributed by atoms with Crippen LogP contribution in [-0.2, 0) is 21.0 Å². The van der Waals surface area contributed by atoms with E-state index < -0.39 is 39.1 Å². The van der Waals surface area contributed by atoms with Crippen molar-refractivity contribution in [3.8, 4) is 0 Å². The van der Waals surface area contributed by atoms with Gasteiger partial charge in [0.15, 0.2) is 0 Å². The molecule has 0 heterocycles. The van der Waals surface area contributed by atoms with Crippen molar-refractivity contribution in [2.24, 2.45) is 5.92 Å². The summed E-state index contributed by atoms with van der Waals surface area (Å²) in [6.07, 6.45) is -0.270. The van der Waals surface area contributed by atoms with Gasteiger partial charge in [0.25, 0.3) is 0 Å². The van der Waals surface area contributed by atoms with Gasteiger partial charge in [-0.25, -0.2) is 13.1 Å². The first-order chi connectivity index (χ1) is 11.6. The van der Waals surface area contributed by atoms with Gasteiger partial charge in [0.1, 0.15) is 0 Å². The summed E-state index contributed by atoms with van der Waals surface area (Å²) in [6, 6.07) is 3.42. The number of benzene rings is 1. The summed E-state index contributed by atoms with van der Waals surface area (Å²) in [5.41, 5.74) is -1.06. The Kier molecular flexibility index (Phi) is 6.10. The fourth-order valence-corrected chi connectivity index (χ4v) is 3.92. The number of likely N-dealkylation sites (N-methyl/N-ethyl adjacent to an activating group) is 1. The van der Waals surface area contributed by atoms with Crippen LogP contribution in [0.15, 0.2) is 29.2 Å². The molecule has 1 aromatic carbocycles. The molecule has 0 atom stereocenters. The maximum Gasteiger partial charge on any atom is 0.416 e. The van der Waals surface area contributed by atoms with Crippen molar-refractivity contribution in [3.63, 3.8) is 0 Å². The second-order valence-electron chi connectivity index (χ2n) is 6.27. The van der Waals surface area contributed by atoms with Gasteiger partial charge in [-0.15, -0.1) is 0 Å². The van der Waals surface area contributed by atoms with Crippen molar-refractivity contribution >= 4 is 15.9 Å². The summed E-state index contributed by atoms with van der Waals surface area (Å²) >= 11 is 0. The molecule has 0 radical (unpaired) electrons. The van der Waals surface area contributed by atoms with E-state index in [4.69, 9.17) is 0 Å². The van der Waals surface area contributed by atoms with Crippen molar-refractivity contribution in [1.82, 2.24) is 9.62 Å². The molecule has 0 aromatic heterocycles. The van der Waals surface area contributed by atoms with Crippen molar-refractivity contribution < 1.29 is 26.4 Å². The average molecular weight is 378 g/mol. The first-order valence-electron chi connectivity index (χ1n) is 8.00. The first-order valence-corrected chi connectivity index (χ1v) is 9.49. The number of carbonyl (C=O) groups is 1. The lowest BCUT2D eigenvalue weighted by Crippen LogP contribution is -2.39. The lowest BCUT2D eigenvalue weighted by atomic mass is 10.1. The molecular formula is C16H21F3N2O3S. The summed E-state index contributed by atoms with van der Waals surface area (Å²) < 4.78 is 64.4. The Bertz CT molecular complexity index is 714. The maximum absolute atomic E-state index is 12.7. The standard InChI is InChI=1S/C16H21F3N2O3S/c1-21(11-12-5-2-3-6-12)15(22)10-20-25(23,24)14-8-4-7-13(9-14)16(17,18)19/h4,7-9,12,20H,2-3,5-6,10-11H2,1H3. The molecule has 5 nitrogen and oxygen atoms in total. The highest BCUT2D eigenvalue weighted by atomic mass is 32.2. The molecule has 1 aliphatic rings. The highest BCUT2D eigenvalue weighted by Crippen LogP contribution is 2.30. The Balaban J connectivity index is 1.97. The van der Waals surface area contributed by atoms with Gasteiger partial charge in [-0.2, -0.15) is 13.2 Å². The van der Waals surface area contributed by atoms with Crippen molar-refractivity contribution in [3.05, 3.63) is 29.8 Å². The number of rotatable bonds is 6. The fourth-order valence-electron chi connectivity index (χ4n) is 2.90. The van der Waals surface area contributed by atoms with Gasteiger partial charge >= 0.3 is 6.18 Å². The van der Waals surface area contributed by atoms with E-state index in [1.165, 1.54) is 4.90 Å². The van der Waals surface area contributed by atoms with E-state index >= 15 is 0 Å². The number of hydrogen-bond acceptors (Lipinski definition) is 3. The third-order valence-corrected chi connectivity index (χ3v) is 5.72. The molecule has 0 aliphatic heterocycles. The number of carbonyl (C=O) groups excluding carboxylic acids is 1. The van der Waals surface area contributed by atoms with E-state index in [0.29, 0.717) is 18.5 Å². The summed E-state index contributed by atoms with van der Waals surface area (Å²) in [4.78, 5) is 13.0. The number of hydrogen-bond donors (Lipinski definition) is 1. The Hall–Kier alpha value is -1.61. The summed E-state index contributed by atoms with van der Waals surface area (Å²) in [5.74, 6) is 0.0106. The van der Waals surface area contributed by atoms with Crippen LogP contribution in [0.2, 0.25) is 0 Å². The quantitative estimate of drug-likeness (QED) is 0.828. The van der Waals surface area contributed by atoms with Crippen LogP contribution in [0.3, 0.4) is 0 Å². The average Bonchev–Trinajstić information content (AvgIpc) is 3.05. The van der Waals surface area contributed by atoms with Gasteiger partial charge in [0.05, 0.1) is 17.0 Å². The van der Waals surface area contributed by atoms with Crippen molar-refractivity contribution in [1.29, 1.82) is 0 Å². The van der Waals surface area contributed by atoms with Gasteiger partial charge < -0.3 is 4.90 Å². The van der Waals surface area contributed by atoms with Crippen LogP contribution in [0.1, 0.15) is 31.2 Å². The largest absolute Gasteiger partial charge is 0.416 e. The molecule has 1 N–H and O–H groups in total. The molecule has 1 aromatic rings. The summed E-state index contributed by atoms with van der Waals surface area (Å²) in [5, 5.41) is 0. The zero-order valence-electron chi connectivity index (χ0n) is 13.8. The third kappa shape index (κ3) is 5.43. The van der Waals surface area contributed by atoms with Crippen molar-refractivity contribution in [2.45, 2.75) is 36.8 Å². The Morgan fingerprint density at radius 2 is 1.92 bits per heavy atom. The molecule has 0 saturated heterocycles. The second kappa shape index (κ2) is 7.74. The molecule has 0 bridgehead atoms. The topological polar surface area (TPSA) is 66.5 Å². The van der Waals surface area contributed by atoms with E-state index in [2.05, 4.69) is 4.72 Å². The van der Waals surface area contributed by atoms with Crippen LogP contribution in [0.5, 0.6) is 0 Å². The lowest BCUT2D eigenvalue weighted by molar-refractivity contribution is -0.137. The third-order valence-electron chi connectivity index (χ3n) is 4.32. The molecule has 1 amide bonds. The number of halogens is 3. The minimum Gasteiger partial charge on any atom is -0.344 e. The molecule has 9 heteroatoms. The molecule has 25 heavy (non-hydrogen) atoms. The Labute approximate surface area is 145 Å². The second-order valence-corrected chi connectivity index (χ2v) is 8.04. The zero-order chi connectivity index (χ0) is 18.7. The van der Waals surface area contributed by atoms with E-state index in [1.54, 1.807) is 7.05 Å². The number of nitrogens with zero attached hydrogens (tertiary/aromatic N) is 1. The van der Waals surface area contributed by atoms with Gasteiger partial charge in [-0.05, 0) is 37.0 Å². The van der Waals surface area contributed by atoms with Crippen LogP contribution in [-0.4, -0.2) is 39.4 Å². The molecule has 2 rings (SSSR count). The number of alkyl halides is 3. The number of amides is 1. The first kappa shape index (κ1) is 19.7. The van der Waals surface area contributed by atoms with Crippen molar-refractivity contribution in [2.75, 3.05) is 20.1 Å². The molecule has 140 valence electrons. The fraction of sp³-hybridized carbons (Fsp3) is 0.562. The molecule has 0 unspecified atom stereocenters. The number of sulfonamides is 1. The van der Waals surface area contributed by atoms with Crippen LogP contribution < -0.4 is 4.72 Å². The van der Waals surface area contributed by atoms with Gasteiger partial charge in [0, 0.05) is 13.6 Å². The van der Waals surface area contributed by atoms with Crippen LogP contribution in [0.4, 0.5) is 13.2 Å². The van der Waals surface area contributed by atoms with Crippen LogP contribution in [0, 0.1) is 5.92 Å². The Morgan fingerprint density at radius 3 is 2.52 bits per heavy atom. The monoisotopic (exact) mass is 378 g/mol. The summed E-state index contributed by atoms with van der Waals surface area (Å²) in [6.45, 7) is 0.0753. The predicted molar refractivity (Wildman–Crippen MR) is 86.2 cm³/mol. The lowest BCUT2D eigenvalue weighted by Gasteiger charge is -2.21. The molecular weight excluding hydrogens is 357 g/mol. The summed E-state index contributed by atoms with van der Waals surface area (Å²) in [7, 11) is -2.60. The normalized spacial score (nSPS) is 16.2. The molecule has 0 spiro atoms. The zero-order valence-corrected chi connectivity index (χ0v) is 14.7. The maximum atomic E-state index is 12.7. The highest BCUT2D eigenvalue weighted by molar-refractivity contribution is 7.89. The molecule has 1 fully saturated rings. The molecule has 1 saturated carbocycles. The van der Waals surface area contributed by atoms with E-state index in [9.17, 15) is 26.4 Å². The van der Waals surface area contributed by atoms with Gasteiger partial charge in [0.2, 0.25) is 15.9 Å². The predicted octanol–water partition coefficient (Wildman–Crippen LogP) is 2.63. The van der Waals surface area contributed by atoms with Crippen LogP contribution >= 0.6 is 0 Å². The van der Waals surface area contributed by atoms with E-state index in [0.717, 1.165) is 43.9 Å². The van der Waals surface area contributed by atoms with E-state index in [1.807, 2.05) is 0 Å². The minimum atomic E-state index is -4.64. The van der Waals surface area contributed by atoms with Gasteiger partial charge in [-0.1, -0.05) is 18.9 Å². The molecule has 1 aliphatic carbocycles. The minimum absolute atomic E-state index is 0.414. The highest BCUT2D eigenvalue weighted by Gasteiger charge is 2.31. The van der Waals surface area contributed by atoms with Gasteiger partial charge in [-0.3, -0.25) is 4.79 Å². The Morgan fingerprint density at radius 1 is 1.28 bits per heavy atom. The SMILES string of the molecule is CN(CC1CCCC1)C(=O)CNS(=O)(=O)c1cccc(C(F)(F)F)c1. The smallest absolute Gasteiger partial charge is 0.344 e. The van der Waals surface area contributed by atoms with E-state index in [-0.39, 0.29) is 0 Å².